The maximum atomic E-state index is 12.5. The van der Waals surface area contributed by atoms with Gasteiger partial charge in [-0.15, -0.1) is 0 Å². The van der Waals surface area contributed by atoms with Crippen molar-refractivity contribution in [3.05, 3.63) is 29.8 Å². The number of piperazine rings is 1. The molecule has 0 aliphatic carbocycles. The Morgan fingerprint density at radius 2 is 1.75 bits per heavy atom. The van der Waals surface area contributed by atoms with E-state index in [0.717, 1.165) is 32.4 Å². The summed E-state index contributed by atoms with van der Waals surface area (Å²) in [6, 6.07) is 9.17. The SMILES string of the molecule is CC(C)(C)OC(=O)N1C2CCC1CN(c1ccc(CCN)cc1)C2. The van der Waals surface area contributed by atoms with Crippen LogP contribution in [-0.4, -0.2) is 48.3 Å². The Balaban J connectivity index is 1.67. The number of nitrogens with two attached hydrogens (primary N) is 1. The Morgan fingerprint density at radius 1 is 1.17 bits per heavy atom. The summed E-state index contributed by atoms with van der Waals surface area (Å²) >= 11 is 0. The monoisotopic (exact) mass is 331 g/mol. The van der Waals surface area contributed by atoms with Gasteiger partial charge in [-0.3, -0.25) is 4.90 Å². The second-order valence-corrected chi connectivity index (χ2v) is 7.88. The van der Waals surface area contributed by atoms with Gasteiger partial charge in [0.2, 0.25) is 0 Å². The van der Waals surface area contributed by atoms with Crippen molar-refractivity contribution in [3.63, 3.8) is 0 Å². The zero-order valence-corrected chi connectivity index (χ0v) is 15.0. The third-order valence-electron chi connectivity index (χ3n) is 4.82. The van der Waals surface area contributed by atoms with Crippen LogP contribution in [0.3, 0.4) is 0 Å². The second kappa shape index (κ2) is 6.63. The number of ether oxygens (including phenoxy) is 1. The number of carbonyl (C=O) groups excluding carboxylic acids is 1. The smallest absolute Gasteiger partial charge is 0.410 e. The van der Waals surface area contributed by atoms with Crippen LogP contribution in [0.15, 0.2) is 24.3 Å². The molecule has 1 aromatic rings. The lowest BCUT2D eigenvalue weighted by molar-refractivity contribution is 0.0123. The molecule has 0 spiro atoms. The number of hydrogen-bond donors (Lipinski definition) is 1. The molecular formula is C19H29N3O2. The number of amides is 1. The van der Waals surface area contributed by atoms with E-state index >= 15 is 0 Å². The molecule has 24 heavy (non-hydrogen) atoms. The van der Waals surface area contributed by atoms with Crippen LogP contribution in [-0.2, 0) is 11.2 Å². The molecule has 0 saturated carbocycles. The van der Waals surface area contributed by atoms with Crippen molar-refractivity contribution in [1.82, 2.24) is 4.90 Å². The van der Waals surface area contributed by atoms with Gasteiger partial charge in [-0.1, -0.05) is 12.1 Å². The van der Waals surface area contributed by atoms with Crippen molar-refractivity contribution >= 4 is 11.8 Å². The van der Waals surface area contributed by atoms with Crippen LogP contribution in [0, 0.1) is 0 Å². The van der Waals surface area contributed by atoms with Gasteiger partial charge in [0, 0.05) is 18.8 Å². The maximum absolute atomic E-state index is 12.5. The minimum Gasteiger partial charge on any atom is -0.444 e. The summed E-state index contributed by atoms with van der Waals surface area (Å²) in [5.74, 6) is 0. The Kier molecular flexibility index (Phi) is 4.72. The lowest BCUT2D eigenvalue weighted by atomic mass is 10.1. The highest BCUT2D eigenvalue weighted by molar-refractivity contribution is 5.70. The van der Waals surface area contributed by atoms with Crippen molar-refractivity contribution in [3.8, 4) is 0 Å². The van der Waals surface area contributed by atoms with Gasteiger partial charge in [-0.2, -0.15) is 0 Å². The molecule has 2 fully saturated rings. The van der Waals surface area contributed by atoms with E-state index in [1.807, 2.05) is 25.7 Å². The first-order valence-corrected chi connectivity index (χ1v) is 8.92. The maximum Gasteiger partial charge on any atom is 0.410 e. The molecule has 2 N–H and O–H groups in total. The van der Waals surface area contributed by atoms with Crippen molar-refractivity contribution in [2.45, 2.75) is 57.7 Å². The second-order valence-electron chi connectivity index (χ2n) is 7.88. The Bertz CT molecular complexity index is 565. The molecule has 2 atom stereocenters. The summed E-state index contributed by atoms with van der Waals surface area (Å²) in [5, 5.41) is 0. The van der Waals surface area contributed by atoms with Gasteiger partial charge >= 0.3 is 6.09 Å². The number of rotatable bonds is 3. The van der Waals surface area contributed by atoms with Crippen molar-refractivity contribution in [1.29, 1.82) is 0 Å². The highest BCUT2D eigenvalue weighted by Gasteiger charge is 2.44. The predicted molar refractivity (Wildman–Crippen MR) is 96.3 cm³/mol. The van der Waals surface area contributed by atoms with E-state index in [1.54, 1.807) is 0 Å². The van der Waals surface area contributed by atoms with E-state index in [0.29, 0.717) is 6.54 Å². The lowest BCUT2D eigenvalue weighted by Gasteiger charge is -2.42. The number of hydrogen-bond acceptors (Lipinski definition) is 4. The molecule has 5 nitrogen and oxygen atoms in total. The largest absolute Gasteiger partial charge is 0.444 e. The van der Waals surface area contributed by atoms with Crippen LogP contribution < -0.4 is 10.6 Å². The molecule has 2 aliphatic heterocycles. The van der Waals surface area contributed by atoms with Crippen molar-refractivity contribution in [2.24, 2.45) is 5.73 Å². The fraction of sp³-hybridized carbons (Fsp3) is 0.632. The first kappa shape index (κ1) is 17.1. The summed E-state index contributed by atoms with van der Waals surface area (Å²) in [6.45, 7) is 8.21. The van der Waals surface area contributed by atoms with Gasteiger partial charge < -0.3 is 15.4 Å². The van der Waals surface area contributed by atoms with Crippen LogP contribution in [0.25, 0.3) is 0 Å². The Hall–Kier alpha value is -1.75. The summed E-state index contributed by atoms with van der Waals surface area (Å²) in [5.41, 5.74) is 7.68. The lowest BCUT2D eigenvalue weighted by Crippen LogP contribution is -2.56. The molecule has 2 saturated heterocycles. The average Bonchev–Trinajstić information content (AvgIpc) is 2.77. The zero-order valence-electron chi connectivity index (χ0n) is 15.0. The summed E-state index contributed by atoms with van der Waals surface area (Å²) < 4.78 is 5.60. The van der Waals surface area contributed by atoms with Crippen molar-refractivity contribution in [2.75, 3.05) is 24.5 Å². The minimum atomic E-state index is -0.438. The molecule has 0 aromatic heterocycles. The standard InChI is InChI=1S/C19H29N3O2/c1-19(2,3)24-18(23)22-16-8-9-17(22)13-21(12-16)15-6-4-14(5-7-15)10-11-20/h4-7,16-17H,8-13,20H2,1-3H3. The van der Waals surface area contributed by atoms with E-state index in [-0.39, 0.29) is 18.2 Å². The summed E-state index contributed by atoms with van der Waals surface area (Å²) in [6.07, 6.45) is 2.88. The first-order chi connectivity index (χ1) is 11.4. The van der Waals surface area contributed by atoms with Gasteiger partial charge in [0.15, 0.2) is 0 Å². The highest BCUT2D eigenvalue weighted by Crippen LogP contribution is 2.33. The van der Waals surface area contributed by atoms with Crippen molar-refractivity contribution < 1.29 is 9.53 Å². The van der Waals surface area contributed by atoms with Crippen LogP contribution in [0.4, 0.5) is 10.5 Å². The highest BCUT2D eigenvalue weighted by atomic mass is 16.6. The number of anilines is 1. The van der Waals surface area contributed by atoms with Gasteiger partial charge in [-0.05, 0) is 64.3 Å². The molecule has 0 radical (unpaired) electrons. The quantitative estimate of drug-likeness (QED) is 0.925. The van der Waals surface area contributed by atoms with Gasteiger partial charge in [-0.25, -0.2) is 4.79 Å². The third-order valence-corrected chi connectivity index (χ3v) is 4.82. The fourth-order valence-electron chi connectivity index (χ4n) is 3.77. The molecule has 2 heterocycles. The van der Waals surface area contributed by atoms with E-state index in [1.165, 1.54) is 11.3 Å². The molecule has 2 aliphatic rings. The summed E-state index contributed by atoms with van der Waals surface area (Å²) in [4.78, 5) is 16.9. The molecule has 1 aromatic carbocycles. The normalized spacial score (nSPS) is 23.5. The molecular weight excluding hydrogens is 302 g/mol. The number of nitrogens with zero attached hydrogens (tertiary/aromatic N) is 2. The minimum absolute atomic E-state index is 0.159. The van der Waals surface area contributed by atoms with E-state index < -0.39 is 5.60 Å². The molecule has 3 rings (SSSR count). The molecule has 2 bridgehead atoms. The number of fused-ring (bicyclic) bond motifs is 2. The van der Waals surface area contributed by atoms with Crippen LogP contribution in [0.5, 0.6) is 0 Å². The molecule has 132 valence electrons. The fourth-order valence-corrected chi connectivity index (χ4v) is 3.77. The number of carbonyl (C=O) groups is 1. The van der Waals surface area contributed by atoms with E-state index in [4.69, 9.17) is 10.5 Å². The predicted octanol–water partition coefficient (Wildman–Crippen LogP) is 2.78. The third kappa shape index (κ3) is 3.66. The average molecular weight is 331 g/mol. The summed E-state index contributed by atoms with van der Waals surface area (Å²) in [7, 11) is 0. The van der Waals surface area contributed by atoms with Gasteiger partial charge in [0.1, 0.15) is 5.60 Å². The van der Waals surface area contributed by atoms with E-state index in [2.05, 4.69) is 29.2 Å². The topological polar surface area (TPSA) is 58.8 Å². The van der Waals surface area contributed by atoms with E-state index in [9.17, 15) is 4.79 Å². The Morgan fingerprint density at radius 3 is 2.25 bits per heavy atom. The van der Waals surface area contributed by atoms with Crippen LogP contribution in [0.1, 0.15) is 39.2 Å². The van der Waals surface area contributed by atoms with Gasteiger partial charge in [0.25, 0.3) is 0 Å². The van der Waals surface area contributed by atoms with Crippen LogP contribution >= 0.6 is 0 Å². The molecule has 5 heteroatoms. The molecule has 2 unspecified atom stereocenters. The Labute approximate surface area is 144 Å². The zero-order chi connectivity index (χ0) is 17.3. The number of benzene rings is 1. The van der Waals surface area contributed by atoms with Gasteiger partial charge in [0.05, 0.1) is 12.1 Å². The first-order valence-electron chi connectivity index (χ1n) is 8.92. The molecule has 1 amide bonds. The van der Waals surface area contributed by atoms with Crippen LogP contribution in [0.2, 0.25) is 0 Å².